The predicted molar refractivity (Wildman–Crippen MR) is 110 cm³/mol. The van der Waals surface area contributed by atoms with Crippen LogP contribution in [0.3, 0.4) is 0 Å². The molecule has 0 radical (unpaired) electrons. The van der Waals surface area contributed by atoms with Crippen molar-refractivity contribution in [3.63, 3.8) is 0 Å². The molecule has 0 fully saturated rings. The molecule has 1 aromatic rings. The van der Waals surface area contributed by atoms with Crippen LogP contribution in [0, 0.1) is 0 Å². The molecule has 1 aromatic carbocycles. The van der Waals surface area contributed by atoms with E-state index < -0.39 is 0 Å². The van der Waals surface area contributed by atoms with E-state index in [1.807, 2.05) is 19.2 Å². The highest BCUT2D eigenvalue weighted by molar-refractivity contribution is 14.0. The number of guanidine groups is 1. The molecule has 23 heavy (non-hydrogen) atoms. The van der Waals surface area contributed by atoms with Crippen molar-refractivity contribution in [2.45, 2.75) is 13.0 Å². The zero-order chi connectivity index (χ0) is 16.2. The topological polar surface area (TPSA) is 46.1 Å². The van der Waals surface area contributed by atoms with Crippen LogP contribution in [-0.2, 0) is 16.0 Å². The molecule has 0 unspecified atom stereocenters. The monoisotopic (exact) mass is 499 g/mol. The number of hydrogen-bond acceptors (Lipinski definition) is 3. The largest absolute Gasteiger partial charge is 0.382 e. The fourth-order valence-electron chi connectivity index (χ4n) is 1.96. The molecule has 7 heteroatoms. The van der Waals surface area contributed by atoms with Gasteiger partial charge in [0.2, 0.25) is 0 Å². The molecule has 0 saturated heterocycles. The lowest BCUT2D eigenvalue weighted by atomic mass is 10.2. The fourth-order valence-corrected chi connectivity index (χ4v) is 2.37. The van der Waals surface area contributed by atoms with Crippen LogP contribution in [0.4, 0.5) is 0 Å². The minimum Gasteiger partial charge on any atom is -0.382 e. The van der Waals surface area contributed by atoms with Gasteiger partial charge >= 0.3 is 0 Å². The minimum absolute atomic E-state index is 0. The lowest BCUT2D eigenvalue weighted by Gasteiger charge is -2.22. The van der Waals surface area contributed by atoms with Gasteiger partial charge < -0.3 is 19.7 Å². The molecule has 1 rings (SSSR count). The summed E-state index contributed by atoms with van der Waals surface area (Å²) in [7, 11) is 5.51. The van der Waals surface area contributed by atoms with E-state index in [-0.39, 0.29) is 24.0 Å². The Bertz CT molecular complexity index is 461. The summed E-state index contributed by atoms with van der Waals surface area (Å²) < 4.78 is 11.5. The molecule has 0 saturated carbocycles. The van der Waals surface area contributed by atoms with Crippen LogP contribution in [0.5, 0.6) is 0 Å². The molecule has 1 N–H and O–H groups in total. The van der Waals surface area contributed by atoms with Gasteiger partial charge in [0.25, 0.3) is 0 Å². The maximum Gasteiger partial charge on any atom is 0.193 e. The van der Waals surface area contributed by atoms with Gasteiger partial charge in [-0.2, -0.15) is 0 Å². The molecule has 0 aromatic heterocycles. The van der Waals surface area contributed by atoms with E-state index in [4.69, 9.17) is 9.47 Å². The number of halogens is 2. The number of methoxy groups -OCH3 is 1. The van der Waals surface area contributed by atoms with E-state index in [0.29, 0.717) is 13.2 Å². The van der Waals surface area contributed by atoms with E-state index in [2.05, 4.69) is 43.3 Å². The standard InChI is InChI=1S/C16H26BrN3O2.HI/c1-18-16(19-9-6-10-22-12-11-21-3)20(2)13-14-7-4-5-8-15(14)17;/h4-5,7-8H,6,9-13H2,1-3H3,(H,18,19);1H. The fraction of sp³-hybridized carbons (Fsp3) is 0.562. The van der Waals surface area contributed by atoms with Gasteiger partial charge in [-0.05, 0) is 18.1 Å². The first-order chi connectivity index (χ1) is 10.7. The van der Waals surface area contributed by atoms with Crippen LogP contribution < -0.4 is 5.32 Å². The van der Waals surface area contributed by atoms with E-state index in [1.54, 1.807) is 14.2 Å². The quantitative estimate of drug-likeness (QED) is 0.245. The maximum atomic E-state index is 5.44. The molecule has 0 bridgehead atoms. The molecule has 0 spiro atoms. The molecule has 132 valence electrons. The number of rotatable bonds is 9. The average Bonchev–Trinajstić information content (AvgIpc) is 2.52. The normalized spacial score (nSPS) is 11.0. The third kappa shape index (κ3) is 9.49. The van der Waals surface area contributed by atoms with Crippen molar-refractivity contribution >= 4 is 45.9 Å². The second-order valence-corrected chi connectivity index (χ2v) is 5.73. The molecule has 0 aliphatic carbocycles. The second kappa shape index (κ2) is 14.0. The third-order valence-electron chi connectivity index (χ3n) is 3.12. The summed E-state index contributed by atoms with van der Waals surface area (Å²) in [4.78, 5) is 6.42. The number of benzene rings is 1. The van der Waals surface area contributed by atoms with Crippen molar-refractivity contribution in [1.82, 2.24) is 10.2 Å². The Labute approximate surface area is 165 Å². The van der Waals surface area contributed by atoms with Gasteiger partial charge in [0, 0.05) is 45.4 Å². The van der Waals surface area contributed by atoms with Crippen molar-refractivity contribution in [3.8, 4) is 0 Å². The maximum absolute atomic E-state index is 5.44. The molecule has 5 nitrogen and oxygen atoms in total. The van der Waals surface area contributed by atoms with Crippen LogP contribution in [-0.4, -0.2) is 58.4 Å². The predicted octanol–water partition coefficient (Wildman–Crippen LogP) is 3.13. The third-order valence-corrected chi connectivity index (χ3v) is 3.89. The van der Waals surface area contributed by atoms with Gasteiger partial charge in [-0.3, -0.25) is 4.99 Å². The van der Waals surface area contributed by atoms with Crippen molar-refractivity contribution in [3.05, 3.63) is 34.3 Å². The Balaban J connectivity index is 0.00000484. The summed E-state index contributed by atoms with van der Waals surface area (Å²) in [6.45, 7) is 3.64. The van der Waals surface area contributed by atoms with Gasteiger partial charge in [0.05, 0.1) is 13.2 Å². The Morgan fingerprint density at radius 2 is 2.00 bits per heavy atom. The Morgan fingerprint density at radius 1 is 1.26 bits per heavy atom. The van der Waals surface area contributed by atoms with Crippen molar-refractivity contribution in [2.75, 3.05) is 47.6 Å². The summed E-state index contributed by atoms with van der Waals surface area (Å²) in [5, 5.41) is 3.35. The van der Waals surface area contributed by atoms with Gasteiger partial charge in [0.1, 0.15) is 0 Å². The van der Waals surface area contributed by atoms with Crippen LogP contribution in [0.2, 0.25) is 0 Å². The first kappa shape index (κ1) is 22.6. The zero-order valence-corrected chi connectivity index (χ0v) is 18.0. The average molecular weight is 500 g/mol. The highest BCUT2D eigenvalue weighted by atomic mass is 127. The molecule has 0 aliphatic heterocycles. The van der Waals surface area contributed by atoms with Gasteiger partial charge in [-0.1, -0.05) is 34.1 Å². The summed E-state index contributed by atoms with van der Waals surface area (Å²) in [6, 6.07) is 8.22. The summed E-state index contributed by atoms with van der Waals surface area (Å²) in [5.41, 5.74) is 1.23. The van der Waals surface area contributed by atoms with E-state index in [0.717, 1.165) is 36.5 Å². The number of hydrogen-bond donors (Lipinski definition) is 1. The number of ether oxygens (including phenoxy) is 2. The highest BCUT2D eigenvalue weighted by Gasteiger charge is 2.07. The smallest absolute Gasteiger partial charge is 0.193 e. The summed E-state index contributed by atoms with van der Waals surface area (Å²) >= 11 is 3.58. The molecular formula is C16H27BrIN3O2. The number of nitrogens with zero attached hydrogens (tertiary/aromatic N) is 2. The molecular weight excluding hydrogens is 473 g/mol. The lowest BCUT2D eigenvalue weighted by molar-refractivity contribution is 0.0698. The molecule has 0 amide bonds. The Morgan fingerprint density at radius 3 is 2.65 bits per heavy atom. The van der Waals surface area contributed by atoms with E-state index in [9.17, 15) is 0 Å². The number of nitrogens with one attached hydrogen (secondary N) is 1. The van der Waals surface area contributed by atoms with Crippen LogP contribution >= 0.6 is 39.9 Å². The van der Waals surface area contributed by atoms with E-state index >= 15 is 0 Å². The van der Waals surface area contributed by atoms with Gasteiger partial charge in [-0.25, -0.2) is 0 Å². The van der Waals surface area contributed by atoms with Crippen molar-refractivity contribution < 1.29 is 9.47 Å². The van der Waals surface area contributed by atoms with Crippen LogP contribution in [0.1, 0.15) is 12.0 Å². The SMILES string of the molecule is CN=C(NCCCOCCOC)N(C)Cc1ccccc1Br.I. The second-order valence-electron chi connectivity index (χ2n) is 4.88. The minimum atomic E-state index is 0. The summed E-state index contributed by atoms with van der Waals surface area (Å²) in [5.74, 6) is 0.882. The molecule has 0 aliphatic rings. The van der Waals surface area contributed by atoms with Gasteiger partial charge in [-0.15, -0.1) is 24.0 Å². The van der Waals surface area contributed by atoms with E-state index in [1.165, 1.54) is 5.56 Å². The van der Waals surface area contributed by atoms with Crippen molar-refractivity contribution in [2.24, 2.45) is 4.99 Å². The van der Waals surface area contributed by atoms with Gasteiger partial charge in [0.15, 0.2) is 5.96 Å². The Kier molecular flexibility index (Phi) is 13.8. The van der Waals surface area contributed by atoms with Crippen molar-refractivity contribution in [1.29, 1.82) is 0 Å². The highest BCUT2D eigenvalue weighted by Crippen LogP contribution is 2.17. The lowest BCUT2D eigenvalue weighted by Crippen LogP contribution is -2.39. The molecule has 0 atom stereocenters. The molecule has 0 heterocycles. The van der Waals surface area contributed by atoms with Crippen LogP contribution in [0.25, 0.3) is 0 Å². The summed E-state index contributed by atoms with van der Waals surface area (Å²) in [6.07, 6.45) is 0.936. The Hall–Kier alpha value is -0.380. The zero-order valence-electron chi connectivity index (χ0n) is 14.0. The first-order valence-corrected chi connectivity index (χ1v) is 8.20. The first-order valence-electron chi connectivity index (χ1n) is 7.41. The number of aliphatic imine (C=N–C) groups is 1. The van der Waals surface area contributed by atoms with Crippen LogP contribution in [0.15, 0.2) is 33.7 Å².